The Bertz CT molecular complexity index is 782. The molecule has 0 fully saturated rings. The van der Waals surface area contributed by atoms with Crippen LogP contribution in [0.5, 0.6) is 0 Å². The number of rotatable bonds is 12. The number of anilines is 1. The van der Waals surface area contributed by atoms with Crippen molar-refractivity contribution in [1.29, 1.82) is 0 Å². The fourth-order valence-corrected chi connectivity index (χ4v) is 3.07. The first kappa shape index (κ1) is 27.0. The molecule has 1 aromatic carbocycles. The molecule has 0 aliphatic carbocycles. The molecule has 0 radical (unpaired) electrons. The first-order chi connectivity index (χ1) is 14.9. The standard InChI is InChI=1S/C22H35FN4O5/c1-22(2,3)32-21(30)26-16(11-12-18(24)28)14-27(4)17-10-7-9-15(19(17)23)8-5-6-13-31-20(25)29/h7,9-10,16H,5-6,8,11-14H2,1-4H3,(H2,24,28)(H2,25,29)(H,26,30). The molecule has 32 heavy (non-hydrogen) atoms. The molecule has 1 unspecified atom stereocenters. The summed E-state index contributed by atoms with van der Waals surface area (Å²) in [6.07, 6.45) is 0.579. The van der Waals surface area contributed by atoms with E-state index in [9.17, 15) is 14.4 Å². The lowest BCUT2D eigenvalue weighted by Gasteiger charge is -2.28. The Labute approximate surface area is 188 Å². The predicted molar refractivity (Wildman–Crippen MR) is 120 cm³/mol. The van der Waals surface area contributed by atoms with Gasteiger partial charge >= 0.3 is 12.2 Å². The fraction of sp³-hybridized carbons (Fsp3) is 0.591. The summed E-state index contributed by atoms with van der Waals surface area (Å²) in [6, 6.07) is 4.62. The normalized spacial score (nSPS) is 12.0. The highest BCUT2D eigenvalue weighted by Crippen LogP contribution is 2.23. The highest BCUT2D eigenvalue weighted by atomic mass is 19.1. The van der Waals surface area contributed by atoms with E-state index in [2.05, 4.69) is 10.1 Å². The van der Waals surface area contributed by atoms with Crippen molar-refractivity contribution in [1.82, 2.24) is 5.32 Å². The van der Waals surface area contributed by atoms with E-state index in [0.717, 1.165) is 0 Å². The molecular weight excluding hydrogens is 419 g/mol. The second-order valence-electron chi connectivity index (χ2n) is 8.60. The zero-order valence-electron chi connectivity index (χ0n) is 19.3. The summed E-state index contributed by atoms with van der Waals surface area (Å²) in [5, 5.41) is 2.74. The predicted octanol–water partition coefficient (Wildman–Crippen LogP) is 2.84. The molecule has 1 aromatic rings. The van der Waals surface area contributed by atoms with E-state index >= 15 is 4.39 Å². The average Bonchev–Trinajstić information content (AvgIpc) is 2.65. The van der Waals surface area contributed by atoms with Gasteiger partial charge in [0.05, 0.1) is 18.3 Å². The lowest BCUT2D eigenvalue weighted by molar-refractivity contribution is -0.118. The second kappa shape index (κ2) is 12.7. The Morgan fingerprint density at radius 1 is 1.19 bits per heavy atom. The SMILES string of the molecule is CN(CC(CCC(N)=O)NC(=O)OC(C)(C)C)c1cccc(CCCCOC(N)=O)c1F. The molecule has 1 atom stereocenters. The number of carbonyl (C=O) groups is 3. The first-order valence-corrected chi connectivity index (χ1v) is 10.6. The summed E-state index contributed by atoms with van der Waals surface area (Å²) >= 11 is 0. The van der Waals surface area contributed by atoms with Crippen LogP contribution in [0.4, 0.5) is 19.7 Å². The number of primary amides is 2. The molecule has 0 spiro atoms. The fourth-order valence-electron chi connectivity index (χ4n) is 3.07. The quantitative estimate of drug-likeness (QED) is 0.415. The van der Waals surface area contributed by atoms with Gasteiger partial charge in [0.2, 0.25) is 5.91 Å². The van der Waals surface area contributed by atoms with E-state index in [1.54, 1.807) is 50.9 Å². The van der Waals surface area contributed by atoms with Crippen LogP contribution >= 0.6 is 0 Å². The van der Waals surface area contributed by atoms with Crippen molar-refractivity contribution >= 4 is 23.8 Å². The molecule has 3 amide bonds. The third-order valence-corrected chi connectivity index (χ3v) is 4.51. The highest BCUT2D eigenvalue weighted by molar-refractivity contribution is 5.74. The minimum absolute atomic E-state index is 0.0736. The molecule has 1 rings (SSSR count). The van der Waals surface area contributed by atoms with Gasteiger partial charge in [-0.1, -0.05) is 12.1 Å². The van der Waals surface area contributed by atoms with Gasteiger partial charge in [-0.25, -0.2) is 14.0 Å². The number of benzene rings is 1. The molecule has 180 valence electrons. The van der Waals surface area contributed by atoms with Crippen molar-refractivity contribution in [2.45, 2.75) is 64.5 Å². The molecule has 0 saturated carbocycles. The summed E-state index contributed by atoms with van der Waals surface area (Å²) in [6.45, 7) is 5.68. The van der Waals surface area contributed by atoms with Gasteiger partial charge in [0.1, 0.15) is 11.4 Å². The maximum absolute atomic E-state index is 15.1. The van der Waals surface area contributed by atoms with Crippen LogP contribution in [0.15, 0.2) is 18.2 Å². The van der Waals surface area contributed by atoms with E-state index in [-0.39, 0.29) is 25.4 Å². The summed E-state index contributed by atoms with van der Waals surface area (Å²) < 4.78 is 25.0. The lowest BCUT2D eigenvalue weighted by atomic mass is 10.1. The van der Waals surface area contributed by atoms with Gasteiger partial charge in [0.15, 0.2) is 0 Å². The number of unbranched alkanes of at least 4 members (excludes halogenated alkanes) is 1. The number of likely N-dealkylation sites (N-methyl/N-ethyl adjacent to an activating group) is 1. The Morgan fingerprint density at radius 3 is 2.47 bits per heavy atom. The molecule has 0 aliphatic rings. The van der Waals surface area contributed by atoms with E-state index in [1.807, 2.05) is 0 Å². The third kappa shape index (κ3) is 10.8. The van der Waals surface area contributed by atoms with E-state index in [0.29, 0.717) is 36.9 Å². The van der Waals surface area contributed by atoms with Gasteiger partial charge in [0.25, 0.3) is 0 Å². The van der Waals surface area contributed by atoms with Crippen molar-refractivity contribution in [3.8, 4) is 0 Å². The van der Waals surface area contributed by atoms with Crippen molar-refractivity contribution in [3.63, 3.8) is 0 Å². The zero-order valence-corrected chi connectivity index (χ0v) is 19.3. The van der Waals surface area contributed by atoms with Gasteiger partial charge < -0.3 is 31.2 Å². The van der Waals surface area contributed by atoms with Crippen LogP contribution in [0.25, 0.3) is 0 Å². The molecule has 0 heterocycles. The number of hydrogen-bond donors (Lipinski definition) is 3. The summed E-state index contributed by atoms with van der Waals surface area (Å²) in [7, 11) is 1.71. The topological polar surface area (TPSA) is 137 Å². The Kier molecular flexibility index (Phi) is 10.7. The van der Waals surface area contributed by atoms with Gasteiger partial charge in [0, 0.05) is 20.0 Å². The molecular formula is C22H35FN4O5. The van der Waals surface area contributed by atoms with Crippen LogP contribution in [0.1, 0.15) is 52.0 Å². The summed E-state index contributed by atoms with van der Waals surface area (Å²) in [4.78, 5) is 35.7. The molecule has 10 heteroatoms. The molecule has 0 aliphatic heterocycles. The second-order valence-corrected chi connectivity index (χ2v) is 8.60. The van der Waals surface area contributed by atoms with Crippen molar-refractivity contribution < 1.29 is 28.2 Å². The lowest BCUT2D eigenvalue weighted by Crippen LogP contribution is -2.45. The Morgan fingerprint density at radius 2 is 1.88 bits per heavy atom. The van der Waals surface area contributed by atoms with Crippen molar-refractivity contribution in [2.75, 3.05) is 25.1 Å². The van der Waals surface area contributed by atoms with Gasteiger partial charge in [-0.3, -0.25) is 4.79 Å². The molecule has 0 bridgehead atoms. The number of halogens is 1. The maximum Gasteiger partial charge on any atom is 0.407 e. The third-order valence-electron chi connectivity index (χ3n) is 4.51. The monoisotopic (exact) mass is 454 g/mol. The number of ether oxygens (including phenoxy) is 2. The number of nitrogens with one attached hydrogen (secondary N) is 1. The minimum Gasteiger partial charge on any atom is -0.450 e. The maximum atomic E-state index is 15.1. The number of alkyl carbamates (subject to hydrolysis) is 1. The smallest absolute Gasteiger partial charge is 0.407 e. The van der Waals surface area contributed by atoms with Crippen LogP contribution in [-0.4, -0.2) is 49.9 Å². The number of hydrogen-bond acceptors (Lipinski definition) is 6. The Hall–Kier alpha value is -3.04. The van der Waals surface area contributed by atoms with Gasteiger partial charge in [-0.2, -0.15) is 0 Å². The molecule has 0 aromatic heterocycles. The van der Waals surface area contributed by atoms with Gasteiger partial charge in [-0.15, -0.1) is 0 Å². The number of nitrogens with zero attached hydrogens (tertiary/aromatic N) is 1. The average molecular weight is 455 g/mol. The van der Waals surface area contributed by atoms with Crippen LogP contribution in [0.3, 0.4) is 0 Å². The zero-order chi connectivity index (χ0) is 24.3. The van der Waals surface area contributed by atoms with Crippen LogP contribution in [0.2, 0.25) is 0 Å². The first-order valence-electron chi connectivity index (χ1n) is 10.6. The van der Waals surface area contributed by atoms with E-state index < -0.39 is 29.7 Å². The van der Waals surface area contributed by atoms with Crippen LogP contribution < -0.4 is 21.7 Å². The number of nitrogens with two attached hydrogens (primary N) is 2. The molecule has 9 nitrogen and oxygen atoms in total. The van der Waals surface area contributed by atoms with E-state index in [4.69, 9.17) is 16.2 Å². The van der Waals surface area contributed by atoms with Gasteiger partial charge in [-0.05, 0) is 58.1 Å². The minimum atomic E-state index is -0.828. The molecule has 5 N–H and O–H groups in total. The molecule has 0 saturated heterocycles. The number of carbonyl (C=O) groups excluding carboxylic acids is 3. The number of amides is 3. The largest absolute Gasteiger partial charge is 0.450 e. The van der Waals surface area contributed by atoms with Crippen molar-refractivity contribution in [3.05, 3.63) is 29.6 Å². The highest BCUT2D eigenvalue weighted by Gasteiger charge is 2.22. The van der Waals surface area contributed by atoms with Crippen LogP contribution in [0, 0.1) is 5.82 Å². The summed E-state index contributed by atoms with van der Waals surface area (Å²) in [5.41, 5.74) is 10.4. The van der Waals surface area contributed by atoms with Crippen molar-refractivity contribution in [2.24, 2.45) is 11.5 Å². The Balaban J connectivity index is 2.80. The summed E-state index contributed by atoms with van der Waals surface area (Å²) in [5.74, 6) is -0.853. The number of aryl methyl sites for hydroxylation is 1. The van der Waals surface area contributed by atoms with E-state index in [1.165, 1.54) is 0 Å². The van der Waals surface area contributed by atoms with Crippen LogP contribution in [-0.2, 0) is 20.7 Å².